The van der Waals surface area contributed by atoms with Crippen molar-refractivity contribution in [2.75, 3.05) is 13.2 Å². The second-order valence-corrected chi connectivity index (χ2v) is 6.45. The molecule has 23 heavy (non-hydrogen) atoms. The Hall–Kier alpha value is -2.50. The third-order valence-electron chi connectivity index (χ3n) is 3.46. The van der Waals surface area contributed by atoms with Gasteiger partial charge in [0.05, 0.1) is 5.54 Å². The summed E-state index contributed by atoms with van der Waals surface area (Å²) in [5.74, 6) is 1.15. The van der Waals surface area contributed by atoms with Gasteiger partial charge in [-0.25, -0.2) is 4.79 Å². The quantitative estimate of drug-likeness (QED) is 0.629. The number of benzene rings is 1. The van der Waals surface area contributed by atoms with E-state index in [0.717, 1.165) is 5.69 Å². The molecule has 3 rings (SSSR count). The van der Waals surface area contributed by atoms with Crippen molar-refractivity contribution in [3.8, 4) is 17.2 Å². The Morgan fingerprint density at radius 1 is 1.17 bits per heavy atom. The minimum atomic E-state index is -0.493. The van der Waals surface area contributed by atoms with Crippen LogP contribution in [-0.2, 0) is 5.54 Å². The van der Waals surface area contributed by atoms with Crippen LogP contribution in [0.15, 0.2) is 24.3 Å². The number of hydrogen-bond donors (Lipinski definition) is 0. The Balaban J connectivity index is 1.79. The van der Waals surface area contributed by atoms with Crippen molar-refractivity contribution in [3.63, 3.8) is 0 Å². The normalized spacial score (nSPS) is 13.7. The van der Waals surface area contributed by atoms with Gasteiger partial charge in [0.1, 0.15) is 19.0 Å². The molecule has 6 heteroatoms. The number of hydrogen-bond acceptors (Lipinski definition) is 5. The van der Waals surface area contributed by atoms with Gasteiger partial charge in [0, 0.05) is 11.8 Å². The molecule has 0 spiro atoms. The maximum absolute atomic E-state index is 12.3. The molecule has 1 aromatic heterocycles. The SMILES string of the molecule is Cc1cc(C(=O)Oc2ccc3c(c2)OCCO3)nn1C(C)(C)C. The summed E-state index contributed by atoms with van der Waals surface area (Å²) in [4.78, 5) is 12.3. The second kappa shape index (κ2) is 5.61. The fourth-order valence-electron chi connectivity index (χ4n) is 2.50. The van der Waals surface area contributed by atoms with Gasteiger partial charge in [0.25, 0.3) is 0 Å². The maximum Gasteiger partial charge on any atom is 0.364 e. The second-order valence-electron chi connectivity index (χ2n) is 6.45. The van der Waals surface area contributed by atoms with Crippen molar-refractivity contribution >= 4 is 5.97 Å². The van der Waals surface area contributed by atoms with Crippen LogP contribution in [0.2, 0.25) is 0 Å². The number of fused-ring (bicyclic) bond motifs is 1. The molecule has 0 aliphatic carbocycles. The Morgan fingerprint density at radius 2 is 1.87 bits per heavy atom. The molecule has 1 aromatic carbocycles. The first-order chi connectivity index (χ1) is 10.8. The number of nitrogens with zero attached hydrogens (tertiary/aromatic N) is 2. The van der Waals surface area contributed by atoms with Gasteiger partial charge in [0.15, 0.2) is 17.2 Å². The minimum absolute atomic E-state index is 0.195. The number of rotatable bonds is 2. The van der Waals surface area contributed by atoms with Gasteiger partial charge >= 0.3 is 5.97 Å². The first-order valence-corrected chi connectivity index (χ1v) is 7.53. The van der Waals surface area contributed by atoms with Crippen LogP contribution in [0.5, 0.6) is 17.2 Å². The molecule has 0 fully saturated rings. The van der Waals surface area contributed by atoms with Crippen LogP contribution >= 0.6 is 0 Å². The molecule has 0 saturated carbocycles. The molecule has 0 saturated heterocycles. The Labute approximate surface area is 135 Å². The molecule has 6 nitrogen and oxygen atoms in total. The van der Waals surface area contributed by atoms with Crippen LogP contribution in [0.25, 0.3) is 0 Å². The smallest absolute Gasteiger partial charge is 0.364 e. The van der Waals surface area contributed by atoms with E-state index in [1.807, 2.05) is 32.4 Å². The summed E-state index contributed by atoms with van der Waals surface area (Å²) < 4.78 is 18.1. The number of aromatic nitrogens is 2. The van der Waals surface area contributed by atoms with Gasteiger partial charge in [-0.15, -0.1) is 0 Å². The van der Waals surface area contributed by atoms with Gasteiger partial charge in [-0.1, -0.05) is 0 Å². The number of carbonyl (C=O) groups is 1. The molecule has 122 valence electrons. The van der Waals surface area contributed by atoms with E-state index in [0.29, 0.717) is 30.5 Å². The van der Waals surface area contributed by atoms with E-state index in [4.69, 9.17) is 14.2 Å². The van der Waals surface area contributed by atoms with Crippen LogP contribution in [0.1, 0.15) is 37.0 Å². The van der Waals surface area contributed by atoms with E-state index in [-0.39, 0.29) is 11.2 Å². The molecule has 0 atom stereocenters. The van der Waals surface area contributed by atoms with Crippen LogP contribution in [0.3, 0.4) is 0 Å². The summed E-state index contributed by atoms with van der Waals surface area (Å²) in [7, 11) is 0. The van der Waals surface area contributed by atoms with E-state index in [1.54, 1.807) is 24.3 Å². The zero-order valence-corrected chi connectivity index (χ0v) is 13.8. The third kappa shape index (κ3) is 3.16. The monoisotopic (exact) mass is 316 g/mol. The minimum Gasteiger partial charge on any atom is -0.486 e. The van der Waals surface area contributed by atoms with Gasteiger partial charge in [-0.2, -0.15) is 5.10 Å². The lowest BCUT2D eigenvalue weighted by Gasteiger charge is -2.21. The highest BCUT2D eigenvalue weighted by Crippen LogP contribution is 2.33. The summed E-state index contributed by atoms with van der Waals surface area (Å²) in [5.41, 5.74) is 0.999. The molecular weight excluding hydrogens is 296 g/mol. The number of aryl methyl sites for hydroxylation is 1. The molecule has 1 aliphatic rings. The summed E-state index contributed by atoms with van der Waals surface area (Å²) in [5, 5.41) is 4.35. The van der Waals surface area contributed by atoms with E-state index >= 15 is 0 Å². The van der Waals surface area contributed by atoms with Gasteiger partial charge in [-0.3, -0.25) is 4.68 Å². The third-order valence-corrected chi connectivity index (χ3v) is 3.46. The van der Waals surface area contributed by atoms with E-state index in [2.05, 4.69) is 5.10 Å². The van der Waals surface area contributed by atoms with Crippen molar-refractivity contribution in [2.24, 2.45) is 0 Å². The summed E-state index contributed by atoms with van der Waals surface area (Å²) in [6, 6.07) is 6.79. The number of esters is 1. The fraction of sp³-hybridized carbons (Fsp3) is 0.412. The summed E-state index contributed by atoms with van der Waals surface area (Å²) in [6.45, 7) is 9.02. The largest absolute Gasteiger partial charge is 0.486 e. The summed E-state index contributed by atoms with van der Waals surface area (Å²) >= 11 is 0. The highest BCUT2D eigenvalue weighted by molar-refractivity contribution is 5.89. The van der Waals surface area contributed by atoms with Crippen molar-refractivity contribution in [1.82, 2.24) is 9.78 Å². The van der Waals surface area contributed by atoms with Crippen molar-refractivity contribution < 1.29 is 19.0 Å². The van der Waals surface area contributed by atoms with Crippen LogP contribution < -0.4 is 14.2 Å². The predicted molar refractivity (Wildman–Crippen MR) is 84.4 cm³/mol. The molecule has 0 N–H and O–H groups in total. The predicted octanol–water partition coefficient (Wildman–Crippen LogP) is 2.94. The molecular formula is C17H20N2O4. The number of carbonyl (C=O) groups excluding carboxylic acids is 1. The van der Waals surface area contributed by atoms with E-state index in [1.165, 1.54) is 0 Å². The molecule has 2 aromatic rings. The Morgan fingerprint density at radius 3 is 2.52 bits per heavy atom. The van der Waals surface area contributed by atoms with Crippen molar-refractivity contribution in [2.45, 2.75) is 33.2 Å². The number of ether oxygens (including phenoxy) is 3. The first kappa shape index (κ1) is 15.4. The maximum atomic E-state index is 12.3. The van der Waals surface area contributed by atoms with Crippen LogP contribution in [0, 0.1) is 6.92 Å². The zero-order valence-electron chi connectivity index (χ0n) is 13.8. The lowest BCUT2D eigenvalue weighted by molar-refractivity contribution is 0.0725. The standard InChI is InChI=1S/C17H20N2O4/c1-11-9-13(18-19(11)17(2,3)4)16(20)23-12-5-6-14-15(10-12)22-8-7-21-14/h5-6,9-10H,7-8H2,1-4H3. The lowest BCUT2D eigenvalue weighted by atomic mass is 10.1. The molecule has 0 bridgehead atoms. The topological polar surface area (TPSA) is 62.6 Å². The Bertz CT molecular complexity index is 744. The molecule has 1 aliphatic heterocycles. The fourth-order valence-corrected chi connectivity index (χ4v) is 2.50. The van der Waals surface area contributed by atoms with E-state index < -0.39 is 5.97 Å². The van der Waals surface area contributed by atoms with Gasteiger partial charge in [0.2, 0.25) is 0 Å². The summed E-state index contributed by atoms with van der Waals surface area (Å²) in [6.07, 6.45) is 0. The van der Waals surface area contributed by atoms with E-state index in [9.17, 15) is 4.79 Å². The highest BCUT2D eigenvalue weighted by atomic mass is 16.6. The first-order valence-electron chi connectivity index (χ1n) is 7.53. The lowest BCUT2D eigenvalue weighted by Crippen LogP contribution is -2.25. The van der Waals surface area contributed by atoms with Crippen LogP contribution in [0.4, 0.5) is 0 Å². The molecule has 0 unspecified atom stereocenters. The molecule has 0 radical (unpaired) electrons. The van der Waals surface area contributed by atoms with Gasteiger partial charge in [-0.05, 0) is 45.9 Å². The highest BCUT2D eigenvalue weighted by Gasteiger charge is 2.22. The van der Waals surface area contributed by atoms with Crippen molar-refractivity contribution in [3.05, 3.63) is 35.7 Å². The van der Waals surface area contributed by atoms with Crippen LogP contribution in [-0.4, -0.2) is 29.0 Å². The average Bonchev–Trinajstić information content (AvgIpc) is 2.89. The Kier molecular flexibility index (Phi) is 3.75. The van der Waals surface area contributed by atoms with Crippen molar-refractivity contribution in [1.29, 1.82) is 0 Å². The van der Waals surface area contributed by atoms with Gasteiger partial charge < -0.3 is 14.2 Å². The average molecular weight is 316 g/mol. The molecule has 0 amide bonds. The zero-order chi connectivity index (χ0) is 16.6. The molecule has 2 heterocycles.